The first-order chi connectivity index (χ1) is 9.13. The van der Waals surface area contributed by atoms with Crippen molar-refractivity contribution in [1.29, 1.82) is 0 Å². The van der Waals surface area contributed by atoms with Gasteiger partial charge in [0.25, 0.3) is 0 Å². The third kappa shape index (κ3) is 4.85. The normalized spacial score (nSPS) is 25.2. The Bertz CT molecular complexity index is 365. The Balaban J connectivity index is 1.69. The zero-order valence-corrected chi connectivity index (χ0v) is 11.8. The third-order valence-corrected chi connectivity index (χ3v) is 4.42. The molecule has 1 aliphatic rings. The zero-order valence-electron chi connectivity index (χ0n) is 11.8. The molecule has 106 valence electrons. The van der Waals surface area contributed by atoms with Crippen LogP contribution in [0.1, 0.15) is 51.0 Å². The molecule has 1 saturated carbocycles. The summed E-state index contributed by atoms with van der Waals surface area (Å²) in [7, 11) is 0. The van der Waals surface area contributed by atoms with Gasteiger partial charge in [0.05, 0.1) is 0 Å². The van der Waals surface area contributed by atoms with Crippen LogP contribution in [-0.4, -0.2) is 11.3 Å². The lowest BCUT2D eigenvalue weighted by Gasteiger charge is -2.26. The fraction of sp³-hybridized carbons (Fsp3) is 0.647. The van der Waals surface area contributed by atoms with E-state index >= 15 is 0 Å². The van der Waals surface area contributed by atoms with E-state index in [4.69, 9.17) is 0 Å². The van der Waals surface area contributed by atoms with Crippen LogP contribution in [0.15, 0.2) is 24.3 Å². The first kappa shape index (κ1) is 14.4. The van der Waals surface area contributed by atoms with E-state index in [1.807, 2.05) is 12.1 Å². The number of hydrogen-bond donors (Lipinski definition) is 1. The van der Waals surface area contributed by atoms with Crippen LogP contribution in [0, 0.1) is 11.8 Å². The molecular weight excluding hydrogens is 239 g/mol. The summed E-state index contributed by atoms with van der Waals surface area (Å²) in [5, 5.41) is 9.19. The number of aromatic hydroxyl groups is 1. The summed E-state index contributed by atoms with van der Waals surface area (Å²) in [5.74, 6) is 1.86. The largest absolute Gasteiger partial charge is 0.508 e. The number of benzene rings is 1. The summed E-state index contributed by atoms with van der Waals surface area (Å²) in [6.45, 7) is 2.32. The van der Waals surface area contributed by atoms with Crippen LogP contribution in [-0.2, 0) is 6.42 Å². The summed E-state index contributed by atoms with van der Waals surface area (Å²) in [5.41, 5.74) is 0.975. The molecule has 1 aliphatic carbocycles. The Morgan fingerprint density at radius 3 is 2.42 bits per heavy atom. The molecule has 0 aliphatic heterocycles. The fourth-order valence-electron chi connectivity index (χ4n) is 3.02. The summed E-state index contributed by atoms with van der Waals surface area (Å²) in [6.07, 6.45) is 6.65. The Kier molecular flexibility index (Phi) is 5.24. The van der Waals surface area contributed by atoms with Crippen molar-refractivity contribution in [3.05, 3.63) is 29.8 Å². The second kappa shape index (κ2) is 6.93. The highest BCUT2D eigenvalue weighted by molar-refractivity contribution is 5.26. The molecule has 1 atom stereocenters. The topological polar surface area (TPSA) is 20.2 Å². The van der Waals surface area contributed by atoms with Crippen LogP contribution in [0.25, 0.3) is 0 Å². The minimum absolute atomic E-state index is 0.246. The molecule has 0 heterocycles. The minimum Gasteiger partial charge on any atom is -0.508 e. The number of rotatable bonds is 5. The average molecular weight is 264 g/mol. The Labute approximate surface area is 115 Å². The quantitative estimate of drug-likeness (QED) is 0.803. The van der Waals surface area contributed by atoms with E-state index in [1.54, 1.807) is 12.1 Å². The van der Waals surface area contributed by atoms with Gasteiger partial charge in [-0.25, -0.2) is 4.39 Å². The smallest absolute Gasteiger partial charge is 0.115 e. The van der Waals surface area contributed by atoms with Crippen molar-refractivity contribution < 1.29 is 9.50 Å². The number of phenols is 1. The van der Waals surface area contributed by atoms with E-state index in [2.05, 4.69) is 6.92 Å². The van der Waals surface area contributed by atoms with Crippen LogP contribution in [0.2, 0.25) is 0 Å². The molecule has 19 heavy (non-hydrogen) atoms. The third-order valence-electron chi connectivity index (χ3n) is 4.42. The second-order valence-corrected chi connectivity index (χ2v) is 6.17. The Morgan fingerprint density at radius 2 is 1.79 bits per heavy atom. The van der Waals surface area contributed by atoms with Gasteiger partial charge in [-0.05, 0) is 42.4 Å². The van der Waals surface area contributed by atoms with Gasteiger partial charge in [0.2, 0.25) is 0 Å². The highest BCUT2D eigenvalue weighted by Crippen LogP contribution is 2.31. The lowest BCUT2D eigenvalue weighted by atomic mass is 9.80. The van der Waals surface area contributed by atoms with E-state index in [1.165, 1.54) is 25.7 Å². The van der Waals surface area contributed by atoms with Crippen LogP contribution in [0.5, 0.6) is 5.75 Å². The van der Waals surface area contributed by atoms with Gasteiger partial charge in [-0.15, -0.1) is 0 Å². The SMILES string of the molecule is CC1CCC(CCC(F)Cc2ccc(O)cc2)CC1. The van der Waals surface area contributed by atoms with Gasteiger partial charge in [-0.2, -0.15) is 0 Å². The predicted molar refractivity (Wildman–Crippen MR) is 77.1 cm³/mol. The number of halogens is 1. The number of phenolic OH excluding ortho intramolecular Hbond substituents is 1. The number of hydrogen-bond acceptors (Lipinski definition) is 1. The number of alkyl halides is 1. The van der Waals surface area contributed by atoms with Crippen LogP contribution in [0.4, 0.5) is 4.39 Å². The van der Waals surface area contributed by atoms with Crippen molar-refractivity contribution in [3.8, 4) is 5.75 Å². The fourth-order valence-corrected chi connectivity index (χ4v) is 3.02. The van der Waals surface area contributed by atoms with Crippen molar-refractivity contribution in [3.63, 3.8) is 0 Å². The first-order valence-corrected chi connectivity index (χ1v) is 7.55. The molecule has 1 unspecified atom stereocenters. The van der Waals surface area contributed by atoms with E-state index in [-0.39, 0.29) is 5.75 Å². The monoisotopic (exact) mass is 264 g/mol. The molecule has 0 amide bonds. The second-order valence-electron chi connectivity index (χ2n) is 6.17. The highest BCUT2D eigenvalue weighted by Gasteiger charge is 2.19. The van der Waals surface area contributed by atoms with Gasteiger partial charge in [0.15, 0.2) is 0 Å². The van der Waals surface area contributed by atoms with Crippen molar-refractivity contribution in [2.45, 2.75) is 58.0 Å². The van der Waals surface area contributed by atoms with Gasteiger partial charge in [-0.3, -0.25) is 0 Å². The molecule has 1 fully saturated rings. The Morgan fingerprint density at radius 1 is 1.16 bits per heavy atom. The molecule has 1 nitrogen and oxygen atoms in total. The summed E-state index contributed by atoms with van der Waals surface area (Å²) < 4.78 is 14.0. The Hall–Kier alpha value is -1.05. The molecule has 2 heteroatoms. The molecule has 2 rings (SSSR count). The van der Waals surface area contributed by atoms with Crippen molar-refractivity contribution >= 4 is 0 Å². The van der Waals surface area contributed by atoms with E-state index in [0.717, 1.165) is 23.8 Å². The predicted octanol–water partition coefficient (Wildman–Crippen LogP) is 4.88. The molecular formula is C17H25FO. The van der Waals surface area contributed by atoms with Gasteiger partial charge in [0.1, 0.15) is 11.9 Å². The average Bonchev–Trinajstić information content (AvgIpc) is 2.41. The zero-order chi connectivity index (χ0) is 13.7. The maximum atomic E-state index is 14.0. The summed E-state index contributed by atoms with van der Waals surface area (Å²) >= 11 is 0. The lowest BCUT2D eigenvalue weighted by molar-refractivity contribution is 0.235. The maximum absolute atomic E-state index is 14.0. The standard InChI is InChI=1S/C17H25FO/c1-13-2-4-14(5-3-13)6-9-16(18)12-15-7-10-17(19)11-8-15/h7-8,10-11,13-14,16,19H,2-6,9,12H2,1H3. The van der Waals surface area contributed by atoms with Gasteiger partial charge >= 0.3 is 0 Å². The summed E-state index contributed by atoms with van der Waals surface area (Å²) in [6, 6.07) is 6.88. The van der Waals surface area contributed by atoms with E-state index in [9.17, 15) is 9.50 Å². The van der Waals surface area contributed by atoms with Crippen LogP contribution in [0.3, 0.4) is 0 Å². The van der Waals surface area contributed by atoms with Crippen molar-refractivity contribution in [1.82, 2.24) is 0 Å². The molecule has 0 radical (unpaired) electrons. The van der Waals surface area contributed by atoms with Crippen molar-refractivity contribution in [2.24, 2.45) is 11.8 Å². The first-order valence-electron chi connectivity index (χ1n) is 7.55. The van der Waals surface area contributed by atoms with Gasteiger partial charge in [0, 0.05) is 6.42 Å². The van der Waals surface area contributed by atoms with Crippen molar-refractivity contribution in [2.75, 3.05) is 0 Å². The molecule has 1 aromatic rings. The van der Waals surface area contributed by atoms with Crippen LogP contribution >= 0.6 is 0 Å². The lowest BCUT2D eigenvalue weighted by Crippen LogP contribution is -2.14. The molecule has 1 aromatic carbocycles. The highest BCUT2D eigenvalue weighted by atomic mass is 19.1. The molecule has 0 spiro atoms. The van der Waals surface area contributed by atoms with Crippen LogP contribution < -0.4 is 0 Å². The molecule has 0 saturated heterocycles. The molecule has 0 aromatic heterocycles. The van der Waals surface area contributed by atoms with Gasteiger partial charge < -0.3 is 5.11 Å². The van der Waals surface area contributed by atoms with E-state index < -0.39 is 6.17 Å². The maximum Gasteiger partial charge on any atom is 0.115 e. The minimum atomic E-state index is -0.746. The van der Waals surface area contributed by atoms with Gasteiger partial charge in [-0.1, -0.05) is 44.7 Å². The summed E-state index contributed by atoms with van der Waals surface area (Å²) in [4.78, 5) is 0. The van der Waals surface area contributed by atoms with E-state index in [0.29, 0.717) is 12.8 Å². The molecule has 1 N–H and O–H groups in total. The molecule has 0 bridgehead atoms.